The summed E-state index contributed by atoms with van der Waals surface area (Å²) in [4.78, 5) is 33.6. The molecule has 0 spiro atoms. The minimum atomic E-state index is -1.45. The molecule has 0 bridgehead atoms. The number of nitro benzene ring substituents is 1. The van der Waals surface area contributed by atoms with Crippen molar-refractivity contribution in [3.8, 4) is 0 Å². The van der Waals surface area contributed by atoms with Crippen LogP contribution in [-0.2, 0) is 9.53 Å². The van der Waals surface area contributed by atoms with Crippen LogP contribution in [0.15, 0.2) is 12.1 Å². The Labute approximate surface area is 124 Å². The van der Waals surface area contributed by atoms with Gasteiger partial charge in [-0.3, -0.25) is 14.9 Å². The number of nitrogens with zero attached hydrogens (tertiary/aromatic N) is 1. The van der Waals surface area contributed by atoms with Crippen molar-refractivity contribution < 1.29 is 28.0 Å². The smallest absolute Gasteiger partial charge is 0.331 e. The van der Waals surface area contributed by atoms with E-state index in [-0.39, 0.29) is 6.42 Å². The summed E-state index contributed by atoms with van der Waals surface area (Å²) < 4.78 is 30.9. The molecule has 7 nitrogen and oxygen atoms in total. The van der Waals surface area contributed by atoms with E-state index < -0.39 is 45.2 Å². The average molecular weight is 316 g/mol. The third-order valence-electron chi connectivity index (χ3n) is 3.21. The summed E-state index contributed by atoms with van der Waals surface area (Å²) in [7, 11) is 1.11. The zero-order valence-electron chi connectivity index (χ0n) is 12.1. The molecule has 9 heteroatoms. The predicted octanol–water partition coefficient (Wildman–Crippen LogP) is 1.94. The summed E-state index contributed by atoms with van der Waals surface area (Å²) in [5, 5.41) is 13.1. The van der Waals surface area contributed by atoms with Crippen molar-refractivity contribution in [2.24, 2.45) is 0 Å². The molecule has 22 heavy (non-hydrogen) atoms. The van der Waals surface area contributed by atoms with Crippen molar-refractivity contribution in [3.63, 3.8) is 0 Å². The van der Waals surface area contributed by atoms with Crippen molar-refractivity contribution in [1.82, 2.24) is 5.32 Å². The number of benzene rings is 1. The van der Waals surface area contributed by atoms with Gasteiger partial charge in [-0.05, 0) is 19.4 Å². The predicted molar refractivity (Wildman–Crippen MR) is 71.2 cm³/mol. The Bertz CT molecular complexity index is 635. The zero-order valence-corrected chi connectivity index (χ0v) is 12.1. The fourth-order valence-corrected chi connectivity index (χ4v) is 1.70. The third kappa shape index (κ3) is 3.35. The van der Waals surface area contributed by atoms with Crippen LogP contribution in [0.3, 0.4) is 0 Å². The monoisotopic (exact) mass is 316 g/mol. The van der Waals surface area contributed by atoms with E-state index >= 15 is 0 Å². The van der Waals surface area contributed by atoms with E-state index in [0.717, 1.165) is 7.11 Å². The van der Waals surface area contributed by atoms with Gasteiger partial charge in [0, 0.05) is 0 Å². The topological polar surface area (TPSA) is 98.5 Å². The van der Waals surface area contributed by atoms with E-state index in [9.17, 15) is 28.5 Å². The van der Waals surface area contributed by atoms with Crippen LogP contribution < -0.4 is 5.32 Å². The highest BCUT2D eigenvalue weighted by atomic mass is 19.2. The standard InChI is InChI=1S/C13H14F2N2O5/c1-4-13(2,12(19)22-3)16-11(18)7-5-8(14)9(15)6-10(7)17(20)21/h5-6H,4H2,1-3H3,(H,16,18). The number of carbonyl (C=O) groups excluding carboxylic acids is 2. The van der Waals surface area contributed by atoms with Gasteiger partial charge in [-0.2, -0.15) is 0 Å². The Morgan fingerprint density at radius 1 is 1.36 bits per heavy atom. The van der Waals surface area contributed by atoms with Crippen LogP contribution in [0.1, 0.15) is 30.6 Å². The van der Waals surface area contributed by atoms with Gasteiger partial charge >= 0.3 is 5.97 Å². The summed E-state index contributed by atoms with van der Waals surface area (Å²) in [6.07, 6.45) is 0.128. The Morgan fingerprint density at radius 3 is 2.36 bits per heavy atom. The quantitative estimate of drug-likeness (QED) is 0.508. The number of esters is 1. The van der Waals surface area contributed by atoms with Crippen LogP contribution in [0.4, 0.5) is 14.5 Å². The molecule has 0 aromatic heterocycles. The average Bonchev–Trinajstić information content (AvgIpc) is 2.47. The van der Waals surface area contributed by atoms with E-state index in [2.05, 4.69) is 10.1 Å². The molecule has 1 aromatic carbocycles. The number of hydrogen-bond donors (Lipinski definition) is 1. The molecule has 1 atom stereocenters. The molecule has 1 N–H and O–H groups in total. The lowest BCUT2D eigenvalue weighted by Gasteiger charge is -2.26. The Hall–Kier alpha value is -2.58. The maximum Gasteiger partial charge on any atom is 0.331 e. The van der Waals surface area contributed by atoms with E-state index in [1.165, 1.54) is 6.92 Å². The maximum atomic E-state index is 13.3. The summed E-state index contributed by atoms with van der Waals surface area (Å²) in [5.74, 6) is -4.71. The molecule has 0 saturated heterocycles. The number of hydrogen-bond acceptors (Lipinski definition) is 5. The highest BCUT2D eigenvalue weighted by molar-refractivity contribution is 6.01. The van der Waals surface area contributed by atoms with Crippen molar-refractivity contribution in [2.75, 3.05) is 7.11 Å². The highest BCUT2D eigenvalue weighted by Gasteiger charge is 2.36. The summed E-state index contributed by atoms with van der Waals surface area (Å²) in [6, 6.07) is 0.724. The first-order valence-corrected chi connectivity index (χ1v) is 6.20. The summed E-state index contributed by atoms with van der Waals surface area (Å²) >= 11 is 0. The molecule has 0 heterocycles. The van der Waals surface area contributed by atoms with Crippen molar-refractivity contribution >= 4 is 17.6 Å². The first-order chi connectivity index (χ1) is 10.2. The van der Waals surface area contributed by atoms with Crippen LogP contribution in [0.5, 0.6) is 0 Å². The largest absolute Gasteiger partial charge is 0.467 e. The second kappa shape index (κ2) is 6.46. The molecule has 0 saturated carbocycles. The minimum absolute atomic E-state index is 0.128. The molecule has 0 aliphatic rings. The molecule has 1 amide bonds. The summed E-state index contributed by atoms with van der Waals surface area (Å²) in [6.45, 7) is 2.93. The molecule has 0 aliphatic carbocycles. The number of nitro groups is 1. The van der Waals surface area contributed by atoms with Crippen molar-refractivity contribution in [2.45, 2.75) is 25.8 Å². The SMILES string of the molecule is CCC(C)(NC(=O)c1cc(F)c(F)cc1[N+](=O)[O-])C(=O)OC. The number of amides is 1. The van der Waals surface area contributed by atoms with E-state index in [4.69, 9.17) is 0 Å². The van der Waals surface area contributed by atoms with Gasteiger partial charge in [0.15, 0.2) is 11.6 Å². The molecular weight excluding hydrogens is 302 g/mol. The van der Waals surface area contributed by atoms with Crippen molar-refractivity contribution in [1.29, 1.82) is 0 Å². The van der Waals surface area contributed by atoms with Crippen LogP contribution >= 0.6 is 0 Å². The Kier molecular flexibility index (Phi) is 5.13. The Balaban J connectivity index is 3.26. The van der Waals surface area contributed by atoms with Gasteiger partial charge in [0.25, 0.3) is 11.6 Å². The first-order valence-electron chi connectivity index (χ1n) is 6.20. The third-order valence-corrected chi connectivity index (χ3v) is 3.21. The van der Waals surface area contributed by atoms with Gasteiger partial charge in [0.1, 0.15) is 11.1 Å². The Morgan fingerprint density at radius 2 is 1.91 bits per heavy atom. The van der Waals surface area contributed by atoms with Gasteiger partial charge in [0.05, 0.1) is 18.1 Å². The maximum absolute atomic E-state index is 13.3. The van der Waals surface area contributed by atoms with Gasteiger partial charge in [-0.1, -0.05) is 6.92 Å². The normalized spacial score (nSPS) is 13.1. The van der Waals surface area contributed by atoms with Crippen molar-refractivity contribution in [3.05, 3.63) is 39.4 Å². The molecule has 1 aromatic rings. The molecule has 1 unspecified atom stereocenters. The van der Waals surface area contributed by atoms with Crippen LogP contribution in [0, 0.1) is 21.7 Å². The fraction of sp³-hybridized carbons (Fsp3) is 0.385. The molecule has 0 fully saturated rings. The van der Waals surface area contributed by atoms with E-state index in [1.807, 2.05) is 0 Å². The number of carbonyl (C=O) groups is 2. The van der Waals surface area contributed by atoms with E-state index in [1.54, 1.807) is 6.92 Å². The highest BCUT2D eigenvalue weighted by Crippen LogP contribution is 2.23. The molecular formula is C13H14F2N2O5. The van der Waals surface area contributed by atoms with E-state index in [0.29, 0.717) is 12.1 Å². The van der Waals surface area contributed by atoms with Gasteiger partial charge in [0.2, 0.25) is 0 Å². The minimum Gasteiger partial charge on any atom is -0.467 e. The number of halogens is 2. The lowest BCUT2D eigenvalue weighted by atomic mass is 9.98. The molecule has 1 rings (SSSR count). The second-order valence-corrected chi connectivity index (χ2v) is 4.67. The molecule has 120 valence electrons. The van der Waals surface area contributed by atoms with Crippen LogP contribution in [-0.4, -0.2) is 29.4 Å². The number of rotatable bonds is 5. The zero-order chi connectivity index (χ0) is 17.1. The van der Waals surface area contributed by atoms with Crippen LogP contribution in [0.25, 0.3) is 0 Å². The number of methoxy groups -OCH3 is 1. The number of ether oxygens (including phenoxy) is 1. The van der Waals surface area contributed by atoms with Crippen LogP contribution in [0.2, 0.25) is 0 Å². The first kappa shape index (κ1) is 17.5. The fourth-order valence-electron chi connectivity index (χ4n) is 1.70. The summed E-state index contributed by atoms with van der Waals surface area (Å²) in [5.41, 5.74) is -3.04. The number of nitrogens with one attached hydrogen (secondary N) is 1. The van der Waals surface area contributed by atoms with Gasteiger partial charge in [-0.25, -0.2) is 13.6 Å². The lowest BCUT2D eigenvalue weighted by molar-refractivity contribution is -0.385. The van der Waals surface area contributed by atoms with Gasteiger partial charge in [-0.15, -0.1) is 0 Å². The second-order valence-electron chi connectivity index (χ2n) is 4.67. The van der Waals surface area contributed by atoms with Gasteiger partial charge < -0.3 is 10.1 Å². The molecule has 0 radical (unpaired) electrons. The lowest BCUT2D eigenvalue weighted by Crippen LogP contribution is -2.52. The molecule has 0 aliphatic heterocycles.